The van der Waals surface area contributed by atoms with Crippen molar-refractivity contribution in [2.24, 2.45) is 9.98 Å². The summed E-state index contributed by atoms with van der Waals surface area (Å²) >= 11 is 3.69. The first-order valence-corrected chi connectivity index (χ1v) is 12.5. The molecule has 0 radical (unpaired) electrons. The minimum absolute atomic E-state index is 0.916. The molecule has 0 saturated heterocycles. The maximum atomic E-state index is 4.85. The van der Waals surface area contributed by atoms with Crippen LogP contribution >= 0.6 is 23.5 Å². The molecule has 1 aliphatic heterocycles. The number of nitrogens with zero attached hydrogens (tertiary/aromatic N) is 2. The van der Waals surface area contributed by atoms with E-state index in [1.165, 1.54) is 20.9 Å². The normalized spacial score (nSPS) is 13.5. The van der Waals surface area contributed by atoms with Gasteiger partial charge in [0.1, 0.15) is 0 Å². The molecule has 0 saturated carbocycles. The number of rotatable bonds is 0. The van der Waals surface area contributed by atoms with Gasteiger partial charge >= 0.3 is 0 Å². The molecule has 156 valence electrons. The highest BCUT2D eigenvalue weighted by molar-refractivity contribution is 7.99. The van der Waals surface area contributed by atoms with Crippen molar-refractivity contribution in [3.63, 3.8) is 0 Å². The van der Waals surface area contributed by atoms with Crippen LogP contribution in [0, 0.1) is 0 Å². The molecule has 2 nitrogen and oxygen atoms in total. The van der Waals surface area contributed by atoms with Crippen molar-refractivity contribution in [3.8, 4) is 0 Å². The van der Waals surface area contributed by atoms with Crippen molar-refractivity contribution < 1.29 is 0 Å². The van der Waals surface area contributed by atoms with E-state index >= 15 is 0 Å². The Morgan fingerprint density at radius 1 is 0.469 bits per heavy atom. The van der Waals surface area contributed by atoms with E-state index in [0.29, 0.717) is 0 Å². The SMILES string of the molecule is C1=Nc2ccccc2SCc2ccccc2CSc2ccccc2N=Cc2ccccc21. The average molecular weight is 451 g/mol. The maximum Gasteiger partial charge on any atom is 0.0765 e. The first kappa shape index (κ1) is 20.8. The number of hydrogen-bond acceptors (Lipinski definition) is 4. The van der Waals surface area contributed by atoms with Gasteiger partial charge in [-0.2, -0.15) is 0 Å². The zero-order valence-electron chi connectivity index (χ0n) is 17.5. The summed E-state index contributed by atoms with van der Waals surface area (Å²) in [5, 5.41) is 0. The number of benzene rings is 4. The van der Waals surface area contributed by atoms with Gasteiger partial charge in [-0.1, -0.05) is 72.8 Å². The Hall–Kier alpha value is -3.08. The lowest BCUT2D eigenvalue weighted by molar-refractivity contribution is 1.26. The van der Waals surface area contributed by atoms with Crippen LogP contribution in [0.4, 0.5) is 11.4 Å². The summed E-state index contributed by atoms with van der Waals surface area (Å²) < 4.78 is 0. The highest BCUT2D eigenvalue weighted by Crippen LogP contribution is 2.36. The van der Waals surface area contributed by atoms with Gasteiger partial charge in [0.15, 0.2) is 0 Å². The first-order chi connectivity index (χ1) is 15.9. The van der Waals surface area contributed by atoms with Crippen LogP contribution < -0.4 is 0 Å². The van der Waals surface area contributed by atoms with E-state index in [4.69, 9.17) is 9.98 Å². The fraction of sp³-hybridized carbons (Fsp3) is 0.0714. The zero-order valence-corrected chi connectivity index (χ0v) is 19.2. The summed E-state index contributed by atoms with van der Waals surface area (Å²) in [6.45, 7) is 0. The van der Waals surface area contributed by atoms with E-state index in [1.54, 1.807) is 0 Å². The molecular formula is C28H22N2S2. The lowest BCUT2D eigenvalue weighted by atomic mass is 10.1. The molecule has 5 rings (SSSR count). The van der Waals surface area contributed by atoms with Crippen LogP contribution in [0.25, 0.3) is 0 Å². The molecule has 0 fully saturated rings. The van der Waals surface area contributed by atoms with E-state index in [-0.39, 0.29) is 0 Å². The van der Waals surface area contributed by atoms with Crippen molar-refractivity contribution in [3.05, 3.63) is 119 Å². The van der Waals surface area contributed by atoms with Crippen molar-refractivity contribution in [1.82, 2.24) is 0 Å². The summed E-state index contributed by atoms with van der Waals surface area (Å²) in [5.41, 5.74) is 6.82. The molecule has 0 aliphatic carbocycles. The molecule has 4 aromatic rings. The van der Waals surface area contributed by atoms with E-state index in [0.717, 1.165) is 34.0 Å². The Morgan fingerprint density at radius 2 is 0.875 bits per heavy atom. The standard InChI is InChI=1S/C28H22N2S2/c1-2-10-22-18-30-26-14-6-8-16-28(26)32-20-24-12-4-3-11-23(24)19-31-27-15-7-5-13-25(27)29-17-21(22)9-1/h1-18H,19-20H2. The molecule has 4 heteroatoms. The molecule has 0 amide bonds. The van der Waals surface area contributed by atoms with Gasteiger partial charge < -0.3 is 0 Å². The number of aliphatic imine (C=N–C) groups is 2. The Labute approximate surface area is 197 Å². The monoisotopic (exact) mass is 450 g/mol. The molecule has 0 bridgehead atoms. The molecule has 32 heavy (non-hydrogen) atoms. The molecule has 0 unspecified atom stereocenters. The third kappa shape index (κ3) is 4.87. The Balaban J connectivity index is 1.60. The molecule has 0 atom stereocenters. The average Bonchev–Trinajstić information content (AvgIpc) is 2.85. The highest BCUT2D eigenvalue weighted by atomic mass is 32.2. The third-order valence-electron chi connectivity index (χ3n) is 5.30. The summed E-state index contributed by atoms with van der Waals surface area (Å²) in [6.07, 6.45) is 3.89. The number of thioether (sulfide) groups is 2. The molecule has 1 aliphatic rings. The van der Waals surface area contributed by atoms with Gasteiger partial charge in [0.2, 0.25) is 0 Å². The first-order valence-electron chi connectivity index (χ1n) is 10.5. The fourth-order valence-electron chi connectivity index (χ4n) is 3.55. The summed E-state index contributed by atoms with van der Waals surface area (Å²) in [7, 11) is 0. The Kier molecular flexibility index (Phi) is 6.52. The van der Waals surface area contributed by atoms with Gasteiger partial charge in [-0.15, -0.1) is 23.5 Å². The summed E-state index contributed by atoms with van der Waals surface area (Å²) in [6, 6.07) is 33.7. The Morgan fingerprint density at radius 3 is 1.38 bits per heavy atom. The minimum atomic E-state index is 0.916. The highest BCUT2D eigenvalue weighted by Gasteiger charge is 2.09. The quantitative estimate of drug-likeness (QED) is 0.270. The number of hydrogen-bond donors (Lipinski definition) is 0. The van der Waals surface area contributed by atoms with Crippen LogP contribution in [0.2, 0.25) is 0 Å². The van der Waals surface area contributed by atoms with Crippen molar-refractivity contribution >= 4 is 47.3 Å². The lowest BCUT2D eigenvalue weighted by Gasteiger charge is -2.12. The number of para-hydroxylation sites is 2. The second kappa shape index (κ2) is 10.0. The van der Waals surface area contributed by atoms with Crippen LogP contribution in [-0.4, -0.2) is 12.4 Å². The van der Waals surface area contributed by atoms with Gasteiger partial charge in [0, 0.05) is 44.9 Å². The van der Waals surface area contributed by atoms with Gasteiger partial charge in [-0.3, -0.25) is 9.98 Å². The maximum absolute atomic E-state index is 4.85. The Bertz CT molecular complexity index is 1190. The van der Waals surface area contributed by atoms with E-state index in [2.05, 4.69) is 72.8 Å². The predicted molar refractivity (Wildman–Crippen MR) is 139 cm³/mol. The zero-order chi connectivity index (χ0) is 21.6. The fourth-order valence-corrected chi connectivity index (χ4v) is 5.62. The number of fused-ring (bicyclic) bond motifs is 4. The predicted octanol–water partition coefficient (Wildman–Crippen LogP) is 8.09. The van der Waals surface area contributed by atoms with Crippen LogP contribution in [0.1, 0.15) is 22.3 Å². The van der Waals surface area contributed by atoms with Crippen LogP contribution in [-0.2, 0) is 11.5 Å². The molecule has 1 heterocycles. The minimum Gasteiger partial charge on any atom is -0.255 e. The second-order valence-electron chi connectivity index (χ2n) is 7.43. The smallest absolute Gasteiger partial charge is 0.0765 e. The molecule has 0 aromatic heterocycles. The van der Waals surface area contributed by atoms with Crippen LogP contribution in [0.3, 0.4) is 0 Å². The van der Waals surface area contributed by atoms with E-state index in [1.807, 2.05) is 60.2 Å². The van der Waals surface area contributed by atoms with Crippen molar-refractivity contribution in [2.45, 2.75) is 21.3 Å². The van der Waals surface area contributed by atoms with Crippen molar-refractivity contribution in [1.29, 1.82) is 0 Å². The van der Waals surface area contributed by atoms with E-state index in [9.17, 15) is 0 Å². The largest absolute Gasteiger partial charge is 0.255 e. The van der Waals surface area contributed by atoms with Crippen LogP contribution in [0.5, 0.6) is 0 Å². The van der Waals surface area contributed by atoms with Crippen molar-refractivity contribution in [2.75, 3.05) is 0 Å². The second-order valence-corrected chi connectivity index (χ2v) is 9.46. The van der Waals surface area contributed by atoms with Gasteiger partial charge in [0.25, 0.3) is 0 Å². The summed E-state index contributed by atoms with van der Waals surface area (Å²) in [5.74, 6) is 1.83. The molecular weight excluding hydrogens is 428 g/mol. The molecule has 0 spiro atoms. The topological polar surface area (TPSA) is 24.7 Å². The molecule has 4 aromatic carbocycles. The van der Waals surface area contributed by atoms with E-state index < -0.39 is 0 Å². The third-order valence-corrected chi connectivity index (χ3v) is 7.52. The summed E-state index contributed by atoms with van der Waals surface area (Å²) in [4.78, 5) is 12.1. The van der Waals surface area contributed by atoms with Gasteiger partial charge in [-0.05, 0) is 35.4 Å². The lowest BCUT2D eigenvalue weighted by Crippen LogP contribution is -1.93. The van der Waals surface area contributed by atoms with Crippen LogP contribution in [0.15, 0.2) is 117 Å². The molecule has 0 N–H and O–H groups in total. The van der Waals surface area contributed by atoms with Gasteiger partial charge in [-0.25, -0.2) is 0 Å². The van der Waals surface area contributed by atoms with Gasteiger partial charge in [0.05, 0.1) is 11.4 Å².